The average molecular weight is 210 g/mol. The Labute approximate surface area is 89.4 Å². The number of nitrogens with one attached hydrogen (secondary N) is 1. The van der Waals surface area contributed by atoms with Gasteiger partial charge in [0.1, 0.15) is 0 Å². The molecule has 2 atom stereocenters. The highest BCUT2D eigenvalue weighted by atomic mass is 16.5. The lowest BCUT2D eigenvalue weighted by molar-refractivity contribution is 0.396. The van der Waals surface area contributed by atoms with Gasteiger partial charge in [-0.2, -0.15) is 4.98 Å². The highest BCUT2D eigenvalue weighted by Crippen LogP contribution is 2.24. The van der Waals surface area contributed by atoms with Crippen LogP contribution >= 0.6 is 0 Å². The number of aromatic nitrogens is 2. The van der Waals surface area contributed by atoms with E-state index in [1.54, 1.807) is 0 Å². The Morgan fingerprint density at radius 3 is 3.20 bits per heavy atom. The molecule has 1 heterocycles. The Hall–Kier alpha value is -0.940. The van der Waals surface area contributed by atoms with Crippen LogP contribution in [-0.4, -0.2) is 29.3 Å². The van der Waals surface area contributed by atoms with Crippen LogP contribution in [0.3, 0.4) is 0 Å². The molecule has 3 N–H and O–H groups in total. The summed E-state index contributed by atoms with van der Waals surface area (Å²) in [5.74, 6) is 1.42. The van der Waals surface area contributed by atoms with Gasteiger partial charge in [-0.3, -0.25) is 0 Å². The average Bonchev–Trinajstić information content (AvgIpc) is 2.88. The maximum absolute atomic E-state index is 5.71. The standard InChI is InChI=1S/C10H18N4O/c11-6-8-2-1-3-9(8)12-5-4-10-13-7-15-14-10/h7-9,12H,1-6,11H2. The SMILES string of the molecule is NCC1CCCC1NCCc1ncon1. The monoisotopic (exact) mass is 210 g/mol. The van der Waals surface area contributed by atoms with Crippen molar-refractivity contribution in [1.29, 1.82) is 0 Å². The Bertz CT molecular complexity index is 275. The zero-order chi connectivity index (χ0) is 10.5. The van der Waals surface area contributed by atoms with Crippen molar-refractivity contribution in [2.24, 2.45) is 11.7 Å². The van der Waals surface area contributed by atoms with Crippen LogP contribution in [0.4, 0.5) is 0 Å². The number of nitrogens with two attached hydrogens (primary N) is 1. The molecule has 1 aromatic rings. The van der Waals surface area contributed by atoms with Gasteiger partial charge in [-0.05, 0) is 25.3 Å². The van der Waals surface area contributed by atoms with Crippen LogP contribution in [-0.2, 0) is 6.42 Å². The summed E-state index contributed by atoms with van der Waals surface area (Å²) in [4.78, 5) is 3.98. The highest BCUT2D eigenvalue weighted by molar-refractivity contribution is 4.85. The van der Waals surface area contributed by atoms with Crippen molar-refractivity contribution in [1.82, 2.24) is 15.5 Å². The Morgan fingerprint density at radius 2 is 2.47 bits per heavy atom. The van der Waals surface area contributed by atoms with Gasteiger partial charge in [0.2, 0.25) is 6.39 Å². The molecule has 2 unspecified atom stereocenters. The first-order valence-electron chi connectivity index (χ1n) is 5.59. The molecule has 1 aromatic heterocycles. The molecule has 1 fully saturated rings. The minimum absolute atomic E-state index is 0.585. The molecule has 1 saturated carbocycles. The first kappa shape index (κ1) is 10.6. The molecule has 1 aliphatic rings. The summed E-state index contributed by atoms with van der Waals surface area (Å²) >= 11 is 0. The van der Waals surface area contributed by atoms with Crippen molar-refractivity contribution in [2.75, 3.05) is 13.1 Å². The maximum Gasteiger partial charge on any atom is 0.213 e. The molecule has 0 radical (unpaired) electrons. The summed E-state index contributed by atoms with van der Waals surface area (Å²) in [5.41, 5.74) is 5.71. The summed E-state index contributed by atoms with van der Waals surface area (Å²) in [5, 5.41) is 7.29. The van der Waals surface area contributed by atoms with Gasteiger partial charge in [0, 0.05) is 19.0 Å². The molecule has 0 saturated heterocycles. The molecule has 0 aliphatic heterocycles. The number of nitrogens with zero attached hydrogens (tertiary/aromatic N) is 2. The van der Waals surface area contributed by atoms with E-state index in [2.05, 4.69) is 20.0 Å². The second kappa shape index (κ2) is 5.23. The van der Waals surface area contributed by atoms with Crippen LogP contribution in [0, 0.1) is 5.92 Å². The van der Waals surface area contributed by atoms with Gasteiger partial charge in [-0.15, -0.1) is 0 Å². The summed E-state index contributed by atoms with van der Waals surface area (Å²) < 4.78 is 4.67. The van der Waals surface area contributed by atoms with Gasteiger partial charge >= 0.3 is 0 Å². The largest absolute Gasteiger partial charge is 0.343 e. The van der Waals surface area contributed by atoms with Crippen LogP contribution in [0.25, 0.3) is 0 Å². The molecule has 0 bridgehead atoms. The Kier molecular flexibility index (Phi) is 3.69. The lowest BCUT2D eigenvalue weighted by atomic mass is 10.0. The molecule has 0 amide bonds. The fourth-order valence-electron chi connectivity index (χ4n) is 2.26. The molecule has 2 rings (SSSR count). The fraction of sp³-hybridized carbons (Fsp3) is 0.800. The molecular weight excluding hydrogens is 192 g/mol. The van der Waals surface area contributed by atoms with Crippen LogP contribution in [0.1, 0.15) is 25.1 Å². The van der Waals surface area contributed by atoms with Crippen LogP contribution in [0.5, 0.6) is 0 Å². The van der Waals surface area contributed by atoms with Crippen molar-refractivity contribution in [3.63, 3.8) is 0 Å². The third-order valence-electron chi connectivity index (χ3n) is 3.12. The van der Waals surface area contributed by atoms with E-state index in [0.717, 1.165) is 25.3 Å². The lowest BCUT2D eigenvalue weighted by Gasteiger charge is -2.18. The van der Waals surface area contributed by atoms with Crippen molar-refractivity contribution >= 4 is 0 Å². The van der Waals surface area contributed by atoms with Gasteiger partial charge in [0.05, 0.1) is 0 Å². The van der Waals surface area contributed by atoms with E-state index in [9.17, 15) is 0 Å². The smallest absolute Gasteiger partial charge is 0.213 e. The molecule has 1 aliphatic carbocycles. The van der Waals surface area contributed by atoms with E-state index in [1.165, 1.54) is 25.7 Å². The van der Waals surface area contributed by atoms with Crippen LogP contribution in [0.15, 0.2) is 10.9 Å². The summed E-state index contributed by atoms with van der Waals surface area (Å²) in [7, 11) is 0. The van der Waals surface area contributed by atoms with Crippen molar-refractivity contribution in [3.8, 4) is 0 Å². The maximum atomic E-state index is 5.71. The molecule has 5 heteroatoms. The first-order valence-corrected chi connectivity index (χ1v) is 5.59. The first-order chi connectivity index (χ1) is 7.40. The zero-order valence-electron chi connectivity index (χ0n) is 8.85. The van der Waals surface area contributed by atoms with Gasteiger partial charge in [-0.1, -0.05) is 11.6 Å². The van der Waals surface area contributed by atoms with Gasteiger partial charge < -0.3 is 15.6 Å². The minimum Gasteiger partial charge on any atom is -0.343 e. The lowest BCUT2D eigenvalue weighted by Crippen LogP contribution is -2.37. The van der Waals surface area contributed by atoms with Crippen molar-refractivity contribution in [3.05, 3.63) is 12.2 Å². The Balaban J connectivity index is 1.69. The van der Waals surface area contributed by atoms with E-state index >= 15 is 0 Å². The van der Waals surface area contributed by atoms with E-state index < -0.39 is 0 Å². The predicted molar refractivity (Wildman–Crippen MR) is 56.2 cm³/mol. The van der Waals surface area contributed by atoms with Gasteiger partial charge in [0.25, 0.3) is 0 Å². The van der Waals surface area contributed by atoms with E-state index in [4.69, 9.17) is 5.73 Å². The fourth-order valence-corrected chi connectivity index (χ4v) is 2.26. The predicted octanol–water partition coefficient (Wildman–Crippen LogP) is 0.329. The van der Waals surface area contributed by atoms with Crippen molar-refractivity contribution in [2.45, 2.75) is 31.7 Å². The number of hydrogen-bond acceptors (Lipinski definition) is 5. The number of hydrogen-bond donors (Lipinski definition) is 2. The quantitative estimate of drug-likeness (QED) is 0.732. The Morgan fingerprint density at radius 1 is 1.53 bits per heavy atom. The van der Waals surface area contributed by atoms with Crippen LogP contribution in [0.2, 0.25) is 0 Å². The highest BCUT2D eigenvalue weighted by Gasteiger charge is 2.25. The molecule has 15 heavy (non-hydrogen) atoms. The van der Waals surface area contributed by atoms with E-state index in [0.29, 0.717) is 12.0 Å². The van der Waals surface area contributed by atoms with Crippen LogP contribution < -0.4 is 11.1 Å². The molecule has 5 nitrogen and oxygen atoms in total. The van der Waals surface area contributed by atoms with E-state index in [-0.39, 0.29) is 0 Å². The number of rotatable bonds is 5. The van der Waals surface area contributed by atoms with Crippen molar-refractivity contribution < 1.29 is 4.52 Å². The third-order valence-corrected chi connectivity index (χ3v) is 3.12. The molecule has 0 spiro atoms. The second-order valence-electron chi connectivity index (χ2n) is 4.08. The summed E-state index contributed by atoms with van der Waals surface area (Å²) in [6.07, 6.45) is 5.99. The van der Waals surface area contributed by atoms with Gasteiger partial charge in [0.15, 0.2) is 5.82 Å². The third kappa shape index (κ3) is 2.76. The second-order valence-corrected chi connectivity index (χ2v) is 4.08. The molecule has 84 valence electrons. The summed E-state index contributed by atoms with van der Waals surface area (Å²) in [6.45, 7) is 1.70. The minimum atomic E-state index is 0.585. The topological polar surface area (TPSA) is 77.0 Å². The zero-order valence-corrected chi connectivity index (χ0v) is 8.85. The molecular formula is C10H18N4O. The van der Waals surface area contributed by atoms with Gasteiger partial charge in [-0.25, -0.2) is 0 Å². The van der Waals surface area contributed by atoms with E-state index in [1.807, 2.05) is 0 Å². The molecule has 0 aromatic carbocycles. The normalized spacial score (nSPS) is 25.9. The summed E-state index contributed by atoms with van der Waals surface area (Å²) in [6, 6.07) is 0.585.